The fourth-order valence-electron chi connectivity index (χ4n) is 1.78. The maximum atomic E-state index is 12.2. The maximum Gasteiger partial charge on any atom is 0.257 e. The van der Waals surface area contributed by atoms with Crippen LogP contribution in [0.5, 0.6) is 11.5 Å². The van der Waals surface area contributed by atoms with E-state index in [2.05, 4.69) is 10.2 Å². The highest BCUT2D eigenvalue weighted by molar-refractivity contribution is 5.97. The molecule has 0 saturated carbocycles. The van der Waals surface area contributed by atoms with Crippen molar-refractivity contribution < 1.29 is 14.6 Å². The predicted octanol–water partition coefficient (Wildman–Crippen LogP) is 1.40. The lowest BCUT2D eigenvalue weighted by molar-refractivity contribution is 0.0781. The molecule has 2 rings (SSSR count). The number of methoxy groups -OCH3 is 1. The van der Waals surface area contributed by atoms with Gasteiger partial charge in [-0.15, -0.1) is 0 Å². The summed E-state index contributed by atoms with van der Waals surface area (Å²) in [7, 11) is 3.10. The topological polar surface area (TPSA) is 78.5 Å². The first kappa shape index (κ1) is 12.9. The molecule has 6 nitrogen and oxygen atoms in total. The van der Waals surface area contributed by atoms with Gasteiger partial charge in [0.25, 0.3) is 5.91 Å². The van der Waals surface area contributed by atoms with Crippen LogP contribution in [0.3, 0.4) is 0 Å². The van der Waals surface area contributed by atoms with E-state index in [0.717, 1.165) is 5.56 Å². The van der Waals surface area contributed by atoms with Crippen LogP contribution in [0, 0.1) is 0 Å². The number of phenolic OH excluding ortho intramolecular Hbond substituents is 1. The van der Waals surface area contributed by atoms with Crippen LogP contribution in [0.15, 0.2) is 30.6 Å². The van der Waals surface area contributed by atoms with Gasteiger partial charge in [0.05, 0.1) is 18.9 Å². The maximum absolute atomic E-state index is 12.2. The van der Waals surface area contributed by atoms with E-state index >= 15 is 0 Å². The van der Waals surface area contributed by atoms with E-state index in [1.807, 2.05) is 0 Å². The quantitative estimate of drug-likeness (QED) is 0.872. The number of benzene rings is 1. The van der Waals surface area contributed by atoms with Gasteiger partial charge in [-0.25, -0.2) is 0 Å². The summed E-state index contributed by atoms with van der Waals surface area (Å²) in [5, 5.41) is 16.4. The normalized spacial score (nSPS) is 10.2. The molecule has 0 unspecified atom stereocenters. The Bertz CT molecular complexity index is 567. The number of phenols is 1. The number of para-hydroxylation sites is 1. The highest BCUT2D eigenvalue weighted by Gasteiger charge is 2.18. The molecule has 1 amide bonds. The van der Waals surface area contributed by atoms with Crippen molar-refractivity contribution in [2.75, 3.05) is 14.2 Å². The predicted molar refractivity (Wildman–Crippen MR) is 69.0 cm³/mol. The summed E-state index contributed by atoms with van der Waals surface area (Å²) in [5.41, 5.74) is 1.10. The SMILES string of the molecule is COc1cccc(C(=O)N(C)Cc2cn[nH]c2)c1O. The third-order valence-corrected chi connectivity index (χ3v) is 2.77. The Labute approximate surface area is 110 Å². The molecule has 2 N–H and O–H groups in total. The Morgan fingerprint density at radius 2 is 2.32 bits per heavy atom. The third-order valence-electron chi connectivity index (χ3n) is 2.77. The number of aromatic amines is 1. The Kier molecular flexibility index (Phi) is 3.70. The fraction of sp³-hybridized carbons (Fsp3) is 0.231. The van der Waals surface area contributed by atoms with E-state index < -0.39 is 0 Å². The molecule has 0 fully saturated rings. The van der Waals surface area contributed by atoms with Crippen LogP contribution in [-0.4, -0.2) is 40.3 Å². The van der Waals surface area contributed by atoms with Gasteiger partial charge in [0.2, 0.25) is 0 Å². The van der Waals surface area contributed by atoms with Gasteiger partial charge in [-0.1, -0.05) is 6.07 Å². The molecular weight excluding hydrogens is 246 g/mol. The fourth-order valence-corrected chi connectivity index (χ4v) is 1.78. The second kappa shape index (κ2) is 5.43. The average molecular weight is 261 g/mol. The molecule has 2 aromatic rings. The van der Waals surface area contributed by atoms with Gasteiger partial charge in [0.15, 0.2) is 11.5 Å². The molecule has 0 aliphatic rings. The standard InChI is InChI=1S/C13H15N3O3/c1-16(8-9-6-14-15-7-9)13(18)10-4-3-5-11(19-2)12(10)17/h3-7,17H,8H2,1-2H3,(H,14,15). The minimum absolute atomic E-state index is 0.144. The first-order valence-electron chi connectivity index (χ1n) is 5.72. The molecule has 1 aromatic carbocycles. The van der Waals surface area contributed by atoms with E-state index in [9.17, 15) is 9.90 Å². The van der Waals surface area contributed by atoms with E-state index in [-0.39, 0.29) is 23.0 Å². The Hall–Kier alpha value is -2.50. The zero-order valence-corrected chi connectivity index (χ0v) is 10.8. The number of H-pyrrole nitrogens is 1. The molecule has 19 heavy (non-hydrogen) atoms. The number of aromatic hydroxyl groups is 1. The molecule has 1 aromatic heterocycles. The highest BCUT2D eigenvalue weighted by atomic mass is 16.5. The van der Waals surface area contributed by atoms with Gasteiger partial charge < -0.3 is 14.7 Å². The van der Waals surface area contributed by atoms with Crippen molar-refractivity contribution in [3.63, 3.8) is 0 Å². The average Bonchev–Trinajstić information content (AvgIpc) is 2.91. The zero-order valence-electron chi connectivity index (χ0n) is 10.8. The summed E-state index contributed by atoms with van der Waals surface area (Å²) < 4.78 is 4.99. The summed E-state index contributed by atoms with van der Waals surface area (Å²) in [6.45, 7) is 0.409. The van der Waals surface area contributed by atoms with Crippen LogP contribution in [0.4, 0.5) is 0 Å². The molecule has 0 saturated heterocycles. The van der Waals surface area contributed by atoms with Crippen molar-refractivity contribution >= 4 is 5.91 Å². The molecule has 0 aliphatic heterocycles. The Morgan fingerprint density at radius 1 is 1.53 bits per heavy atom. The number of nitrogens with zero attached hydrogens (tertiary/aromatic N) is 2. The van der Waals surface area contributed by atoms with Crippen LogP contribution < -0.4 is 4.74 Å². The van der Waals surface area contributed by atoms with E-state index in [1.54, 1.807) is 37.6 Å². The largest absolute Gasteiger partial charge is 0.504 e. The lowest BCUT2D eigenvalue weighted by Gasteiger charge is -2.17. The third kappa shape index (κ3) is 2.67. The van der Waals surface area contributed by atoms with Crippen molar-refractivity contribution in [3.05, 3.63) is 41.7 Å². The van der Waals surface area contributed by atoms with Crippen molar-refractivity contribution in [3.8, 4) is 11.5 Å². The Balaban J connectivity index is 2.19. The molecule has 6 heteroatoms. The van der Waals surface area contributed by atoms with E-state index in [0.29, 0.717) is 6.54 Å². The van der Waals surface area contributed by atoms with Gasteiger partial charge in [0, 0.05) is 25.4 Å². The smallest absolute Gasteiger partial charge is 0.257 e. The van der Waals surface area contributed by atoms with Crippen molar-refractivity contribution in [2.45, 2.75) is 6.54 Å². The van der Waals surface area contributed by atoms with Gasteiger partial charge >= 0.3 is 0 Å². The van der Waals surface area contributed by atoms with E-state index in [4.69, 9.17) is 4.74 Å². The molecule has 0 spiro atoms. The number of aromatic nitrogens is 2. The van der Waals surface area contributed by atoms with Gasteiger partial charge in [-0.2, -0.15) is 5.10 Å². The molecule has 0 atom stereocenters. The molecule has 1 heterocycles. The number of rotatable bonds is 4. The van der Waals surface area contributed by atoms with Crippen molar-refractivity contribution in [2.24, 2.45) is 0 Å². The molecule has 0 radical (unpaired) electrons. The first-order chi connectivity index (χ1) is 9.13. The van der Waals surface area contributed by atoms with Crippen LogP contribution in [0.25, 0.3) is 0 Å². The minimum atomic E-state index is -0.280. The van der Waals surface area contributed by atoms with Crippen LogP contribution in [0.2, 0.25) is 0 Å². The first-order valence-corrected chi connectivity index (χ1v) is 5.72. The van der Waals surface area contributed by atoms with Crippen LogP contribution in [0.1, 0.15) is 15.9 Å². The summed E-state index contributed by atoms with van der Waals surface area (Å²) in [6.07, 6.45) is 3.37. The second-order valence-electron chi connectivity index (χ2n) is 4.12. The summed E-state index contributed by atoms with van der Waals surface area (Å²) in [6, 6.07) is 4.83. The number of nitrogens with one attached hydrogen (secondary N) is 1. The molecular formula is C13H15N3O3. The number of hydrogen-bond acceptors (Lipinski definition) is 4. The monoisotopic (exact) mass is 261 g/mol. The van der Waals surface area contributed by atoms with Crippen molar-refractivity contribution in [1.82, 2.24) is 15.1 Å². The van der Waals surface area contributed by atoms with Crippen LogP contribution in [-0.2, 0) is 6.54 Å². The number of amides is 1. The molecule has 100 valence electrons. The van der Waals surface area contributed by atoms with Crippen LogP contribution >= 0.6 is 0 Å². The lowest BCUT2D eigenvalue weighted by atomic mass is 10.1. The highest BCUT2D eigenvalue weighted by Crippen LogP contribution is 2.30. The summed E-state index contributed by atoms with van der Waals surface area (Å²) >= 11 is 0. The lowest BCUT2D eigenvalue weighted by Crippen LogP contribution is -2.26. The van der Waals surface area contributed by atoms with Gasteiger partial charge in [-0.05, 0) is 12.1 Å². The Morgan fingerprint density at radius 3 is 2.95 bits per heavy atom. The molecule has 0 bridgehead atoms. The zero-order chi connectivity index (χ0) is 13.8. The number of carbonyl (C=O) groups excluding carboxylic acids is 1. The molecule has 0 aliphatic carbocycles. The second-order valence-corrected chi connectivity index (χ2v) is 4.12. The summed E-state index contributed by atoms with van der Waals surface area (Å²) in [5.74, 6) is -0.144. The van der Waals surface area contributed by atoms with Crippen molar-refractivity contribution in [1.29, 1.82) is 0 Å². The van der Waals surface area contributed by atoms with Gasteiger partial charge in [0.1, 0.15) is 0 Å². The summed E-state index contributed by atoms with van der Waals surface area (Å²) in [4.78, 5) is 13.7. The number of carbonyl (C=O) groups is 1. The number of ether oxygens (including phenoxy) is 1. The minimum Gasteiger partial charge on any atom is -0.504 e. The van der Waals surface area contributed by atoms with E-state index in [1.165, 1.54) is 12.0 Å². The van der Waals surface area contributed by atoms with Gasteiger partial charge in [-0.3, -0.25) is 9.89 Å². The number of hydrogen-bond donors (Lipinski definition) is 2.